The molecule has 30 heavy (non-hydrogen) atoms. The van der Waals surface area contributed by atoms with Gasteiger partial charge in [0.15, 0.2) is 11.6 Å². The molecule has 2 aromatic heterocycles. The van der Waals surface area contributed by atoms with E-state index < -0.39 is 5.91 Å². The Morgan fingerprint density at radius 2 is 1.93 bits per heavy atom. The van der Waals surface area contributed by atoms with Crippen molar-refractivity contribution in [2.75, 3.05) is 0 Å². The molecule has 4 rings (SSSR count). The van der Waals surface area contributed by atoms with Crippen LogP contribution in [-0.2, 0) is 18.4 Å². The molecule has 0 fully saturated rings. The SMILES string of the molecule is CC(=O)NCc1ccc(-c2nn(C)c(-c3nc4ccc(C(N)=O)cc4[nH]3)c2O)cc1. The first-order chi connectivity index (χ1) is 14.3. The number of hydrogen-bond donors (Lipinski definition) is 4. The number of aromatic nitrogens is 4. The van der Waals surface area contributed by atoms with Crippen LogP contribution in [0.3, 0.4) is 0 Å². The van der Waals surface area contributed by atoms with Gasteiger partial charge in [-0.25, -0.2) is 4.98 Å². The maximum atomic E-state index is 11.4. The lowest BCUT2D eigenvalue weighted by Crippen LogP contribution is -2.18. The molecule has 5 N–H and O–H groups in total. The summed E-state index contributed by atoms with van der Waals surface area (Å²) in [4.78, 5) is 30.1. The van der Waals surface area contributed by atoms with Crippen LogP contribution < -0.4 is 11.1 Å². The molecule has 0 aliphatic rings. The van der Waals surface area contributed by atoms with Crippen molar-refractivity contribution in [3.05, 3.63) is 53.6 Å². The Bertz CT molecular complexity index is 1270. The normalized spacial score (nSPS) is 11.0. The first-order valence-corrected chi connectivity index (χ1v) is 9.23. The van der Waals surface area contributed by atoms with E-state index in [9.17, 15) is 14.7 Å². The molecule has 0 saturated heterocycles. The molecule has 152 valence electrons. The van der Waals surface area contributed by atoms with Gasteiger partial charge in [0, 0.05) is 31.6 Å². The monoisotopic (exact) mass is 404 g/mol. The summed E-state index contributed by atoms with van der Waals surface area (Å²) in [6.07, 6.45) is 0. The fourth-order valence-electron chi connectivity index (χ4n) is 3.25. The summed E-state index contributed by atoms with van der Waals surface area (Å²) in [6, 6.07) is 12.3. The number of benzene rings is 2. The minimum absolute atomic E-state index is 0.0127. The van der Waals surface area contributed by atoms with Crippen LogP contribution in [0.4, 0.5) is 0 Å². The largest absolute Gasteiger partial charge is 0.504 e. The summed E-state index contributed by atoms with van der Waals surface area (Å²) in [5.74, 6) is -0.213. The first kappa shape index (κ1) is 19.2. The number of aromatic amines is 1. The third-order valence-corrected chi connectivity index (χ3v) is 4.78. The molecular weight excluding hydrogens is 384 g/mol. The van der Waals surface area contributed by atoms with Crippen molar-refractivity contribution in [2.45, 2.75) is 13.5 Å². The van der Waals surface area contributed by atoms with Crippen molar-refractivity contribution in [3.63, 3.8) is 0 Å². The zero-order chi connectivity index (χ0) is 21.4. The fraction of sp³-hybridized carbons (Fsp3) is 0.143. The molecule has 4 aromatic rings. The number of aryl methyl sites for hydroxylation is 1. The lowest BCUT2D eigenvalue weighted by molar-refractivity contribution is -0.119. The number of carbonyl (C=O) groups excluding carboxylic acids is 2. The molecular formula is C21H20N6O3. The Morgan fingerprint density at radius 3 is 2.60 bits per heavy atom. The average molecular weight is 404 g/mol. The molecule has 0 spiro atoms. The van der Waals surface area contributed by atoms with Crippen LogP contribution >= 0.6 is 0 Å². The molecule has 0 saturated carbocycles. The smallest absolute Gasteiger partial charge is 0.248 e. The quantitative estimate of drug-likeness (QED) is 0.403. The zero-order valence-corrected chi connectivity index (χ0v) is 16.4. The molecule has 0 aliphatic heterocycles. The van der Waals surface area contributed by atoms with Crippen molar-refractivity contribution in [1.82, 2.24) is 25.1 Å². The molecule has 2 aromatic carbocycles. The van der Waals surface area contributed by atoms with Crippen molar-refractivity contribution in [1.29, 1.82) is 0 Å². The van der Waals surface area contributed by atoms with Gasteiger partial charge in [-0.2, -0.15) is 5.10 Å². The summed E-state index contributed by atoms with van der Waals surface area (Å²) < 4.78 is 1.54. The number of nitrogens with zero attached hydrogens (tertiary/aromatic N) is 3. The lowest BCUT2D eigenvalue weighted by atomic mass is 10.1. The van der Waals surface area contributed by atoms with Crippen molar-refractivity contribution in [2.24, 2.45) is 12.8 Å². The molecule has 0 radical (unpaired) electrons. The summed E-state index contributed by atoms with van der Waals surface area (Å²) >= 11 is 0. The van der Waals surface area contributed by atoms with Gasteiger partial charge in [0.1, 0.15) is 11.4 Å². The number of aromatic hydroxyl groups is 1. The van der Waals surface area contributed by atoms with Gasteiger partial charge in [0.25, 0.3) is 0 Å². The van der Waals surface area contributed by atoms with E-state index >= 15 is 0 Å². The second kappa shape index (κ2) is 7.36. The second-order valence-corrected chi connectivity index (χ2v) is 6.96. The molecule has 0 bridgehead atoms. The van der Waals surface area contributed by atoms with E-state index in [1.807, 2.05) is 24.3 Å². The molecule has 0 aliphatic carbocycles. The summed E-state index contributed by atoms with van der Waals surface area (Å²) in [5, 5.41) is 18.0. The van der Waals surface area contributed by atoms with Crippen LogP contribution in [0.25, 0.3) is 33.8 Å². The lowest BCUT2D eigenvalue weighted by Gasteiger charge is -2.04. The second-order valence-electron chi connectivity index (χ2n) is 6.96. The van der Waals surface area contributed by atoms with Gasteiger partial charge in [0.2, 0.25) is 11.8 Å². The van der Waals surface area contributed by atoms with Crippen LogP contribution in [0.15, 0.2) is 42.5 Å². The number of primary amides is 1. The highest BCUT2D eigenvalue weighted by atomic mass is 16.3. The molecule has 2 amide bonds. The van der Waals surface area contributed by atoms with Gasteiger partial charge in [0.05, 0.1) is 11.0 Å². The Balaban J connectivity index is 1.69. The van der Waals surface area contributed by atoms with Crippen LogP contribution in [0.5, 0.6) is 5.75 Å². The number of rotatable bonds is 5. The van der Waals surface area contributed by atoms with Crippen LogP contribution in [0.1, 0.15) is 22.8 Å². The third-order valence-electron chi connectivity index (χ3n) is 4.78. The minimum atomic E-state index is -0.527. The number of H-pyrrole nitrogens is 1. The van der Waals surface area contributed by atoms with Crippen LogP contribution in [0.2, 0.25) is 0 Å². The van der Waals surface area contributed by atoms with E-state index in [-0.39, 0.29) is 11.7 Å². The number of nitrogens with one attached hydrogen (secondary N) is 2. The molecule has 0 unspecified atom stereocenters. The van der Waals surface area contributed by atoms with E-state index in [4.69, 9.17) is 5.73 Å². The first-order valence-electron chi connectivity index (χ1n) is 9.23. The molecule has 9 heteroatoms. The highest BCUT2D eigenvalue weighted by molar-refractivity contribution is 5.96. The third kappa shape index (κ3) is 3.48. The van der Waals surface area contributed by atoms with E-state index in [2.05, 4.69) is 20.4 Å². The predicted octanol–water partition coefficient (Wildman–Crippen LogP) is 2.07. The minimum Gasteiger partial charge on any atom is -0.504 e. The summed E-state index contributed by atoms with van der Waals surface area (Å²) in [5.41, 5.74) is 9.47. The Kier molecular flexibility index (Phi) is 4.71. The maximum absolute atomic E-state index is 11.4. The van der Waals surface area contributed by atoms with Gasteiger partial charge in [-0.1, -0.05) is 24.3 Å². The standard InChI is InChI=1S/C21H20N6O3/c1-11(28)23-10-12-3-5-13(6-4-12)17-19(29)18(27(2)26-17)21-24-15-8-7-14(20(22)30)9-16(15)25-21/h3-9,29H,10H2,1-2H3,(H2,22,30)(H,23,28)(H,24,25). The highest BCUT2D eigenvalue weighted by Crippen LogP contribution is 2.37. The summed E-state index contributed by atoms with van der Waals surface area (Å²) in [7, 11) is 1.71. The summed E-state index contributed by atoms with van der Waals surface area (Å²) in [6.45, 7) is 1.90. The van der Waals surface area contributed by atoms with E-state index in [0.29, 0.717) is 40.4 Å². The maximum Gasteiger partial charge on any atom is 0.248 e. The van der Waals surface area contributed by atoms with E-state index in [0.717, 1.165) is 11.1 Å². The van der Waals surface area contributed by atoms with Crippen LogP contribution in [-0.4, -0.2) is 36.7 Å². The topological polar surface area (TPSA) is 139 Å². The highest BCUT2D eigenvalue weighted by Gasteiger charge is 2.21. The van der Waals surface area contributed by atoms with Crippen molar-refractivity contribution in [3.8, 4) is 28.5 Å². The van der Waals surface area contributed by atoms with Gasteiger partial charge >= 0.3 is 0 Å². The number of amides is 2. The fourth-order valence-corrected chi connectivity index (χ4v) is 3.25. The van der Waals surface area contributed by atoms with Crippen molar-refractivity contribution >= 4 is 22.8 Å². The number of carbonyl (C=O) groups is 2. The van der Waals surface area contributed by atoms with Gasteiger partial charge in [-0.3, -0.25) is 14.3 Å². The molecule has 0 atom stereocenters. The van der Waals surface area contributed by atoms with E-state index in [1.54, 1.807) is 29.9 Å². The Hall–Kier alpha value is -4.14. The van der Waals surface area contributed by atoms with Gasteiger partial charge in [-0.05, 0) is 23.8 Å². The van der Waals surface area contributed by atoms with E-state index in [1.165, 1.54) is 6.92 Å². The number of imidazole rings is 1. The van der Waals surface area contributed by atoms with Crippen LogP contribution in [0, 0.1) is 0 Å². The number of fused-ring (bicyclic) bond motifs is 1. The zero-order valence-electron chi connectivity index (χ0n) is 16.4. The van der Waals surface area contributed by atoms with Crippen molar-refractivity contribution < 1.29 is 14.7 Å². The number of nitrogens with two attached hydrogens (primary N) is 1. The molecule has 9 nitrogen and oxygen atoms in total. The Morgan fingerprint density at radius 1 is 1.20 bits per heavy atom. The average Bonchev–Trinajstić information content (AvgIpc) is 3.25. The number of hydrogen-bond acceptors (Lipinski definition) is 5. The van der Waals surface area contributed by atoms with Gasteiger partial charge < -0.3 is 21.1 Å². The Labute approximate surface area is 171 Å². The van der Waals surface area contributed by atoms with Gasteiger partial charge in [-0.15, -0.1) is 0 Å². The predicted molar refractivity (Wildman–Crippen MR) is 111 cm³/mol. The molecule has 2 heterocycles.